The molecule has 1 aromatic rings. The molecule has 2 atom stereocenters. The number of likely N-dealkylation sites (N-methyl/N-ethyl adjacent to an activating group) is 1. The lowest BCUT2D eigenvalue weighted by atomic mass is 9.95. The number of carboxylic acids is 1. The summed E-state index contributed by atoms with van der Waals surface area (Å²) in [5.74, 6) is 0.639. The molecule has 2 aliphatic rings. The fraction of sp³-hybridized carbons (Fsp3) is 0.714. The van der Waals surface area contributed by atoms with Crippen LogP contribution in [0.4, 0.5) is 0 Å². The van der Waals surface area contributed by atoms with Crippen LogP contribution < -0.4 is 0 Å². The predicted molar refractivity (Wildman–Crippen MR) is 78.4 cm³/mol. The van der Waals surface area contributed by atoms with Gasteiger partial charge in [-0.05, 0) is 39.3 Å². The number of aryl methyl sites for hydroxylation is 1. The van der Waals surface area contributed by atoms with E-state index in [-0.39, 0.29) is 18.3 Å². The normalized spacial score (nSPS) is 26.6. The number of imidazole rings is 1. The molecule has 0 aliphatic carbocycles. The second kappa shape index (κ2) is 6.14. The number of hydrogen-bond acceptors (Lipinski definition) is 3. The molecule has 20 heavy (non-hydrogen) atoms. The number of fused-ring (bicyclic) bond motifs is 1. The number of carboxylic acid groups (broad SMARTS) is 1. The van der Waals surface area contributed by atoms with E-state index >= 15 is 0 Å². The van der Waals surface area contributed by atoms with Gasteiger partial charge in [-0.25, -0.2) is 4.98 Å². The zero-order valence-electron chi connectivity index (χ0n) is 11.8. The maximum atomic E-state index is 11.2. The number of aliphatic carboxylic acids is 1. The van der Waals surface area contributed by atoms with Crippen LogP contribution in [0, 0.1) is 5.92 Å². The van der Waals surface area contributed by atoms with Gasteiger partial charge in [0.1, 0.15) is 5.82 Å². The van der Waals surface area contributed by atoms with Crippen molar-refractivity contribution in [3.8, 4) is 0 Å². The van der Waals surface area contributed by atoms with E-state index in [2.05, 4.69) is 21.5 Å². The van der Waals surface area contributed by atoms with Gasteiger partial charge >= 0.3 is 5.97 Å². The first-order valence-corrected chi connectivity index (χ1v) is 7.11. The van der Waals surface area contributed by atoms with E-state index < -0.39 is 5.97 Å². The highest BCUT2D eigenvalue weighted by molar-refractivity contribution is 5.85. The third-order valence-corrected chi connectivity index (χ3v) is 4.46. The van der Waals surface area contributed by atoms with Crippen LogP contribution in [0.1, 0.15) is 36.7 Å². The SMILES string of the molecule is CN1CCCC(c2ncc3n2CC(C(=O)O)CC3)C1.Cl. The summed E-state index contributed by atoms with van der Waals surface area (Å²) in [7, 11) is 2.15. The van der Waals surface area contributed by atoms with Crippen LogP contribution in [-0.4, -0.2) is 45.7 Å². The molecule has 112 valence electrons. The van der Waals surface area contributed by atoms with Crippen molar-refractivity contribution in [3.63, 3.8) is 0 Å². The van der Waals surface area contributed by atoms with Gasteiger partial charge in [0.25, 0.3) is 0 Å². The minimum atomic E-state index is -0.675. The second-order valence-corrected chi connectivity index (χ2v) is 5.89. The maximum Gasteiger partial charge on any atom is 0.308 e. The summed E-state index contributed by atoms with van der Waals surface area (Å²) in [5.41, 5.74) is 1.21. The molecule has 3 rings (SSSR count). The van der Waals surface area contributed by atoms with Gasteiger partial charge in [-0.3, -0.25) is 4.79 Å². The first-order valence-electron chi connectivity index (χ1n) is 7.11. The lowest BCUT2D eigenvalue weighted by Gasteiger charge is -2.31. The lowest BCUT2D eigenvalue weighted by Crippen LogP contribution is -2.34. The summed E-state index contributed by atoms with van der Waals surface area (Å²) in [4.78, 5) is 18.1. The van der Waals surface area contributed by atoms with E-state index in [1.54, 1.807) is 0 Å². The highest BCUT2D eigenvalue weighted by atomic mass is 35.5. The van der Waals surface area contributed by atoms with Crippen LogP contribution in [0.3, 0.4) is 0 Å². The molecule has 2 unspecified atom stereocenters. The number of hydrogen-bond donors (Lipinski definition) is 1. The first kappa shape index (κ1) is 15.3. The van der Waals surface area contributed by atoms with Crippen molar-refractivity contribution >= 4 is 18.4 Å². The van der Waals surface area contributed by atoms with Gasteiger partial charge in [0.2, 0.25) is 0 Å². The molecule has 1 fully saturated rings. The van der Waals surface area contributed by atoms with Crippen molar-refractivity contribution in [3.05, 3.63) is 17.7 Å². The zero-order valence-corrected chi connectivity index (χ0v) is 12.6. The number of nitrogens with zero attached hydrogens (tertiary/aromatic N) is 3. The molecule has 0 bridgehead atoms. The summed E-state index contributed by atoms with van der Waals surface area (Å²) in [6, 6.07) is 0. The van der Waals surface area contributed by atoms with Gasteiger partial charge in [0.05, 0.1) is 5.92 Å². The van der Waals surface area contributed by atoms with Gasteiger partial charge in [-0.1, -0.05) is 0 Å². The van der Waals surface area contributed by atoms with Gasteiger partial charge in [0, 0.05) is 30.9 Å². The topological polar surface area (TPSA) is 58.4 Å². The number of aromatic nitrogens is 2. The number of piperidine rings is 1. The maximum absolute atomic E-state index is 11.2. The molecule has 1 N–H and O–H groups in total. The van der Waals surface area contributed by atoms with E-state index in [9.17, 15) is 9.90 Å². The highest BCUT2D eigenvalue weighted by Crippen LogP contribution is 2.30. The van der Waals surface area contributed by atoms with Crippen molar-refractivity contribution in [1.82, 2.24) is 14.5 Å². The quantitative estimate of drug-likeness (QED) is 0.904. The number of carbonyl (C=O) groups is 1. The van der Waals surface area contributed by atoms with Crippen LogP contribution in [0.5, 0.6) is 0 Å². The fourth-order valence-corrected chi connectivity index (χ4v) is 3.38. The van der Waals surface area contributed by atoms with Gasteiger partial charge < -0.3 is 14.6 Å². The zero-order chi connectivity index (χ0) is 13.4. The number of halogens is 1. The second-order valence-electron chi connectivity index (χ2n) is 5.89. The molecule has 1 saturated heterocycles. The van der Waals surface area contributed by atoms with E-state index in [1.807, 2.05) is 6.20 Å². The molecular formula is C14H22ClN3O2. The Bertz CT molecular complexity index is 489. The smallest absolute Gasteiger partial charge is 0.308 e. The fourth-order valence-electron chi connectivity index (χ4n) is 3.38. The summed E-state index contributed by atoms with van der Waals surface area (Å²) in [6.45, 7) is 2.79. The summed E-state index contributed by atoms with van der Waals surface area (Å²) in [6.07, 6.45) is 5.89. The molecule has 0 radical (unpaired) electrons. The van der Waals surface area contributed by atoms with Crippen LogP contribution in [0.25, 0.3) is 0 Å². The Labute approximate surface area is 125 Å². The Kier molecular flexibility index (Phi) is 4.70. The largest absolute Gasteiger partial charge is 0.481 e. The molecule has 0 saturated carbocycles. The van der Waals surface area contributed by atoms with Gasteiger partial charge in [-0.2, -0.15) is 0 Å². The van der Waals surface area contributed by atoms with Crippen LogP contribution >= 0.6 is 12.4 Å². The Morgan fingerprint density at radius 2 is 2.20 bits per heavy atom. The van der Waals surface area contributed by atoms with Crippen LogP contribution in [-0.2, 0) is 17.8 Å². The third kappa shape index (κ3) is 2.83. The average molecular weight is 300 g/mol. The van der Waals surface area contributed by atoms with E-state index in [0.717, 1.165) is 31.8 Å². The van der Waals surface area contributed by atoms with E-state index in [1.165, 1.54) is 18.5 Å². The van der Waals surface area contributed by atoms with Crippen molar-refractivity contribution < 1.29 is 9.90 Å². The monoisotopic (exact) mass is 299 g/mol. The summed E-state index contributed by atoms with van der Waals surface area (Å²) < 4.78 is 2.17. The molecular weight excluding hydrogens is 278 g/mol. The third-order valence-electron chi connectivity index (χ3n) is 4.46. The van der Waals surface area contributed by atoms with Crippen molar-refractivity contribution in [2.75, 3.05) is 20.1 Å². The van der Waals surface area contributed by atoms with E-state index in [4.69, 9.17) is 0 Å². The Morgan fingerprint density at radius 1 is 1.40 bits per heavy atom. The minimum absolute atomic E-state index is 0. The standard InChI is InChI=1S/C14H21N3O2.ClH/c1-16-6-2-3-10(8-16)13-15-7-12-5-4-11(14(18)19)9-17(12)13;/h7,10-11H,2-6,8-9H2,1H3,(H,18,19);1H. The first-order chi connectivity index (χ1) is 9.15. The Morgan fingerprint density at radius 3 is 2.90 bits per heavy atom. The Balaban J connectivity index is 0.00000147. The minimum Gasteiger partial charge on any atom is -0.481 e. The molecule has 0 aromatic carbocycles. The molecule has 3 heterocycles. The summed E-state index contributed by atoms with van der Waals surface area (Å²) in [5, 5.41) is 9.20. The molecule has 5 nitrogen and oxygen atoms in total. The van der Waals surface area contributed by atoms with Crippen LogP contribution in [0.2, 0.25) is 0 Å². The highest BCUT2D eigenvalue weighted by Gasteiger charge is 2.30. The predicted octanol–water partition coefficient (Wildman–Crippen LogP) is 1.76. The average Bonchev–Trinajstić information content (AvgIpc) is 2.81. The molecule has 1 aromatic heterocycles. The number of rotatable bonds is 2. The van der Waals surface area contributed by atoms with Crippen molar-refractivity contribution in [2.24, 2.45) is 5.92 Å². The summed E-state index contributed by atoms with van der Waals surface area (Å²) >= 11 is 0. The molecule has 0 spiro atoms. The molecule has 6 heteroatoms. The van der Waals surface area contributed by atoms with Gasteiger partial charge in [0.15, 0.2) is 0 Å². The van der Waals surface area contributed by atoms with Crippen molar-refractivity contribution in [2.45, 2.75) is 38.1 Å². The molecule has 0 amide bonds. The lowest BCUT2D eigenvalue weighted by molar-refractivity contribution is -0.142. The van der Waals surface area contributed by atoms with Crippen molar-refractivity contribution in [1.29, 1.82) is 0 Å². The van der Waals surface area contributed by atoms with Gasteiger partial charge in [-0.15, -0.1) is 12.4 Å². The van der Waals surface area contributed by atoms with E-state index in [0.29, 0.717) is 12.5 Å². The Hall–Kier alpha value is -1.07. The number of likely N-dealkylation sites (tertiary alicyclic amines) is 1. The molecule has 2 aliphatic heterocycles. The van der Waals surface area contributed by atoms with Crippen LogP contribution in [0.15, 0.2) is 6.20 Å².